The van der Waals surface area contributed by atoms with Crippen LogP contribution in [0.3, 0.4) is 0 Å². The Kier molecular flexibility index (Phi) is 8.65. The lowest BCUT2D eigenvalue weighted by atomic mass is 10.0. The van der Waals surface area contributed by atoms with Gasteiger partial charge in [-0.25, -0.2) is 8.42 Å². The molecule has 1 aromatic heterocycles. The standard InChI is InChI=1S/C29H37N5O3S/c1-5-34-24(8-7-17-30-22-11-13-25(14-12-22)38(4,36)37)20-26-27(9-6-10-28(26)34)31-23-15-18-33(19-16-23)21-29(35)32(2)3/h6,9-14,20,23,30-31H,5,15-19,21H2,1-4H3. The first-order valence-corrected chi connectivity index (χ1v) is 14.9. The van der Waals surface area contributed by atoms with E-state index in [1.807, 2.05) is 0 Å². The summed E-state index contributed by atoms with van der Waals surface area (Å²) in [7, 11) is 0.399. The van der Waals surface area contributed by atoms with Gasteiger partial charge in [0.05, 0.1) is 29.2 Å². The Hall–Kier alpha value is -3.48. The van der Waals surface area contributed by atoms with E-state index in [4.69, 9.17) is 0 Å². The molecule has 202 valence electrons. The number of hydrogen-bond donors (Lipinski definition) is 2. The molecule has 2 N–H and O–H groups in total. The lowest BCUT2D eigenvalue weighted by Gasteiger charge is -2.33. The molecule has 0 bridgehead atoms. The number of fused-ring (bicyclic) bond motifs is 1. The van der Waals surface area contributed by atoms with Crippen LogP contribution >= 0.6 is 0 Å². The number of nitrogens with zero attached hydrogens (tertiary/aromatic N) is 3. The number of aromatic nitrogens is 1. The van der Waals surface area contributed by atoms with Gasteiger partial charge in [-0.1, -0.05) is 12.0 Å². The number of sulfone groups is 1. The smallest absolute Gasteiger partial charge is 0.236 e. The monoisotopic (exact) mass is 535 g/mol. The summed E-state index contributed by atoms with van der Waals surface area (Å²) in [4.78, 5) is 16.2. The van der Waals surface area contributed by atoms with Crippen molar-refractivity contribution in [2.75, 3.05) is 57.2 Å². The third-order valence-corrected chi connectivity index (χ3v) is 8.08. The van der Waals surface area contributed by atoms with Crippen LogP contribution in [0.2, 0.25) is 0 Å². The number of benzene rings is 2. The molecule has 2 aromatic carbocycles. The van der Waals surface area contributed by atoms with Crippen LogP contribution in [0.25, 0.3) is 10.9 Å². The van der Waals surface area contributed by atoms with Crippen molar-refractivity contribution in [2.45, 2.75) is 37.2 Å². The maximum absolute atomic E-state index is 12.0. The minimum Gasteiger partial charge on any atom is -0.382 e. The fourth-order valence-electron chi connectivity index (χ4n) is 4.74. The molecule has 1 amide bonds. The molecule has 9 heteroatoms. The SMILES string of the molecule is CCn1c(C#CCNc2ccc(S(C)(=O)=O)cc2)cc2c(NC3CCN(CC(=O)N(C)C)CC3)cccc21. The molecule has 2 heterocycles. The minimum absolute atomic E-state index is 0.149. The van der Waals surface area contributed by atoms with Gasteiger partial charge in [0.15, 0.2) is 9.84 Å². The number of carbonyl (C=O) groups is 1. The van der Waals surface area contributed by atoms with E-state index in [0.717, 1.165) is 60.4 Å². The van der Waals surface area contributed by atoms with Gasteiger partial charge in [-0.2, -0.15) is 0 Å². The summed E-state index contributed by atoms with van der Waals surface area (Å²) in [5, 5.41) is 8.14. The van der Waals surface area contributed by atoms with Crippen molar-refractivity contribution < 1.29 is 13.2 Å². The summed E-state index contributed by atoms with van der Waals surface area (Å²) in [6.07, 6.45) is 3.19. The fourth-order valence-corrected chi connectivity index (χ4v) is 5.37. The second-order valence-corrected chi connectivity index (χ2v) is 12.0. The van der Waals surface area contributed by atoms with Crippen molar-refractivity contribution >= 4 is 38.0 Å². The van der Waals surface area contributed by atoms with Gasteiger partial charge in [-0.05, 0) is 68.2 Å². The van der Waals surface area contributed by atoms with Crippen molar-refractivity contribution in [1.82, 2.24) is 14.4 Å². The van der Waals surface area contributed by atoms with Crippen molar-refractivity contribution in [1.29, 1.82) is 0 Å². The number of rotatable bonds is 8. The summed E-state index contributed by atoms with van der Waals surface area (Å²) in [6, 6.07) is 15.6. The number of anilines is 2. The molecule has 0 unspecified atom stereocenters. The highest BCUT2D eigenvalue weighted by atomic mass is 32.2. The van der Waals surface area contributed by atoms with Crippen molar-refractivity contribution in [3.05, 3.63) is 54.2 Å². The largest absolute Gasteiger partial charge is 0.382 e. The molecule has 4 rings (SSSR count). The van der Waals surface area contributed by atoms with Crippen molar-refractivity contribution in [3.63, 3.8) is 0 Å². The van der Waals surface area contributed by atoms with Crippen LogP contribution in [0.4, 0.5) is 11.4 Å². The Balaban J connectivity index is 1.41. The Morgan fingerprint density at radius 1 is 1.11 bits per heavy atom. The molecule has 0 spiro atoms. The second kappa shape index (κ2) is 11.9. The molecule has 1 aliphatic heterocycles. The van der Waals surface area contributed by atoms with Gasteiger partial charge in [0.2, 0.25) is 5.91 Å². The molecule has 1 saturated heterocycles. The van der Waals surface area contributed by atoms with Crippen LogP contribution < -0.4 is 10.6 Å². The zero-order chi connectivity index (χ0) is 27.3. The van der Waals surface area contributed by atoms with E-state index in [1.165, 1.54) is 6.26 Å². The lowest BCUT2D eigenvalue weighted by molar-refractivity contribution is -0.130. The molecule has 8 nitrogen and oxygen atoms in total. The lowest BCUT2D eigenvalue weighted by Crippen LogP contribution is -2.43. The third kappa shape index (κ3) is 6.69. The first kappa shape index (κ1) is 27.6. The number of nitrogens with one attached hydrogen (secondary N) is 2. The highest BCUT2D eigenvalue weighted by Crippen LogP contribution is 2.29. The van der Waals surface area contributed by atoms with Crippen LogP contribution in [0.1, 0.15) is 25.5 Å². The number of amides is 1. The first-order chi connectivity index (χ1) is 18.2. The summed E-state index contributed by atoms with van der Waals surface area (Å²) >= 11 is 0. The van der Waals surface area contributed by atoms with Gasteiger partial charge in [-0.3, -0.25) is 9.69 Å². The number of carbonyl (C=O) groups excluding carboxylic acids is 1. The third-order valence-electron chi connectivity index (χ3n) is 6.95. The van der Waals surface area contributed by atoms with E-state index < -0.39 is 9.84 Å². The topological polar surface area (TPSA) is 86.7 Å². The second-order valence-electron chi connectivity index (χ2n) is 9.95. The number of likely N-dealkylation sites (tertiary alicyclic amines) is 1. The number of aryl methyl sites for hydroxylation is 1. The number of likely N-dealkylation sites (N-methyl/N-ethyl adjacent to an activating group) is 1. The highest BCUT2D eigenvalue weighted by Gasteiger charge is 2.22. The summed E-state index contributed by atoms with van der Waals surface area (Å²) < 4.78 is 25.5. The summed E-state index contributed by atoms with van der Waals surface area (Å²) in [5.41, 5.74) is 4.05. The molecular weight excluding hydrogens is 498 g/mol. The van der Waals surface area contributed by atoms with Gasteiger partial charge in [-0.15, -0.1) is 0 Å². The van der Waals surface area contributed by atoms with Gasteiger partial charge in [0.1, 0.15) is 0 Å². The van der Waals surface area contributed by atoms with Crippen LogP contribution in [0.5, 0.6) is 0 Å². The van der Waals surface area contributed by atoms with E-state index in [-0.39, 0.29) is 5.91 Å². The molecule has 38 heavy (non-hydrogen) atoms. The Bertz CT molecular complexity index is 1440. The molecule has 0 aliphatic carbocycles. The average Bonchev–Trinajstić information content (AvgIpc) is 3.26. The van der Waals surface area contributed by atoms with Crippen LogP contribution in [0, 0.1) is 11.8 Å². The van der Waals surface area contributed by atoms with E-state index in [2.05, 4.69) is 63.1 Å². The number of hydrogen-bond acceptors (Lipinski definition) is 6. The molecule has 1 aliphatic rings. The average molecular weight is 536 g/mol. The van der Waals surface area contributed by atoms with Crippen molar-refractivity contribution in [2.24, 2.45) is 0 Å². The van der Waals surface area contributed by atoms with E-state index in [9.17, 15) is 13.2 Å². The summed E-state index contributed by atoms with van der Waals surface area (Å²) in [5.74, 6) is 6.66. The fraction of sp³-hybridized carbons (Fsp3) is 0.414. The normalized spacial score (nSPS) is 14.6. The van der Waals surface area contributed by atoms with E-state index in [0.29, 0.717) is 24.0 Å². The quantitative estimate of drug-likeness (QED) is 0.430. The summed E-state index contributed by atoms with van der Waals surface area (Å²) in [6.45, 7) is 5.68. The highest BCUT2D eigenvalue weighted by molar-refractivity contribution is 7.90. The van der Waals surface area contributed by atoms with Crippen LogP contribution in [0.15, 0.2) is 53.4 Å². The maximum atomic E-state index is 12.0. The Morgan fingerprint density at radius 2 is 1.82 bits per heavy atom. The maximum Gasteiger partial charge on any atom is 0.236 e. The Labute approximate surface area is 225 Å². The molecule has 0 saturated carbocycles. The van der Waals surface area contributed by atoms with Gasteiger partial charge < -0.3 is 20.1 Å². The van der Waals surface area contributed by atoms with Crippen molar-refractivity contribution in [3.8, 4) is 11.8 Å². The van der Waals surface area contributed by atoms with Gasteiger partial charge in [0.25, 0.3) is 0 Å². The van der Waals surface area contributed by atoms with E-state index in [1.54, 1.807) is 43.3 Å². The first-order valence-electron chi connectivity index (χ1n) is 13.0. The molecule has 0 radical (unpaired) electrons. The molecular formula is C29H37N5O3S. The zero-order valence-electron chi connectivity index (χ0n) is 22.6. The van der Waals surface area contributed by atoms with E-state index >= 15 is 0 Å². The molecule has 0 atom stereocenters. The molecule has 3 aromatic rings. The predicted octanol–water partition coefficient (Wildman–Crippen LogP) is 3.49. The van der Waals surface area contributed by atoms with Gasteiger partial charge in [0, 0.05) is 62.8 Å². The van der Waals surface area contributed by atoms with Crippen LogP contribution in [-0.2, 0) is 21.2 Å². The zero-order valence-corrected chi connectivity index (χ0v) is 23.4. The predicted molar refractivity (Wildman–Crippen MR) is 154 cm³/mol. The number of piperidine rings is 1. The van der Waals surface area contributed by atoms with Crippen LogP contribution in [-0.4, -0.2) is 81.3 Å². The minimum atomic E-state index is -3.20. The van der Waals surface area contributed by atoms with Gasteiger partial charge >= 0.3 is 0 Å². The Morgan fingerprint density at radius 3 is 2.45 bits per heavy atom. The molecule has 1 fully saturated rings.